The first kappa shape index (κ1) is 14.5. The van der Waals surface area contributed by atoms with Crippen LogP contribution in [0.4, 0.5) is 5.13 Å². The molecule has 0 unspecified atom stereocenters. The van der Waals surface area contributed by atoms with Gasteiger partial charge >= 0.3 is 0 Å². The molecule has 1 aromatic carbocycles. The highest BCUT2D eigenvalue weighted by Gasteiger charge is 2.22. The van der Waals surface area contributed by atoms with Crippen molar-refractivity contribution in [3.05, 3.63) is 35.5 Å². The molecule has 2 aromatic rings. The molecule has 0 amide bonds. The molecule has 0 aliphatic carbocycles. The molecule has 5 heteroatoms. The third kappa shape index (κ3) is 3.27. The fourth-order valence-corrected chi connectivity index (χ4v) is 3.76. The Morgan fingerprint density at radius 1 is 1.29 bits per heavy atom. The van der Waals surface area contributed by atoms with Gasteiger partial charge in [0.2, 0.25) is 0 Å². The lowest BCUT2D eigenvalue weighted by molar-refractivity contribution is 0.499. The van der Waals surface area contributed by atoms with E-state index in [4.69, 9.17) is 17.0 Å². The summed E-state index contributed by atoms with van der Waals surface area (Å²) in [5.41, 5.74) is 1.98. The second kappa shape index (κ2) is 6.16. The third-order valence-corrected chi connectivity index (χ3v) is 5.36. The minimum atomic E-state index is 0.456. The van der Waals surface area contributed by atoms with E-state index in [9.17, 15) is 0 Å². The number of hydrogen-bond acceptors (Lipinski definition) is 4. The van der Waals surface area contributed by atoms with Gasteiger partial charge in [-0.15, -0.1) is 0 Å². The van der Waals surface area contributed by atoms with Crippen molar-refractivity contribution in [2.24, 2.45) is 5.92 Å². The standard InChI is InChI=1S/C16H18ClN3S/c1-11(18)12-6-8-20(9-7-12)16-19-10-15(21-16)13-2-4-14(17)5-3-13/h2-5,10,12,18H,6-9H2,1H3. The van der Waals surface area contributed by atoms with Crippen LogP contribution in [0.2, 0.25) is 5.02 Å². The van der Waals surface area contributed by atoms with Crippen molar-refractivity contribution in [1.29, 1.82) is 5.41 Å². The molecule has 1 aliphatic rings. The van der Waals surface area contributed by atoms with Crippen LogP contribution in [-0.2, 0) is 0 Å². The zero-order valence-corrected chi connectivity index (χ0v) is 13.5. The lowest BCUT2D eigenvalue weighted by Gasteiger charge is -2.31. The van der Waals surface area contributed by atoms with Gasteiger partial charge in [-0.05, 0) is 43.4 Å². The van der Waals surface area contributed by atoms with Crippen molar-refractivity contribution in [3.8, 4) is 10.4 Å². The smallest absolute Gasteiger partial charge is 0.185 e. The molecule has 1 aliphatic heterocycles. The Bertz CT molecular complexity index is 627. The fraction of sp³-hybridized carbons (Fsp3) is 0.375. The Hall–Kier alpha value is -1.39. The summed E-state index contributed by atoms with van der Waals surface area (Å²) in [5, 5.41) is 9.59. The summed E-state index contributed by atoms with van der Waals surface area (Å²) in [6, 6.07) is 7.89. The number of piperidine rings is 1. The number of anilines is 1. The van der Waals surface area contributed by atoms with E-state index in [0.29, 0.717) is 5.92 Å². The predicted octanol–water partition coefficient (Wildman–Crippen LogP) is 4.72. The Balaban J connectivity index is 1.71. The van der Waals surface area contributed by atoms with Crippen LogP contribution < -0.4 is 4.90 Å². The van der Waals surface area contributed by atoms with Crippen molar-refractivity contribution in [3.63, 3.8) is 0 Å². The van der Waals surface area contributed by atoms with Gasteiger partial charge in [0.15, 0.2) is 5.13 Å². The molecule has 3 rings (SSSR count). The third-order valence-electron chi connectivity index (χ3n) is 4.00. The van der Waals surface area contributed by atoms with E-state index in [2.05, 4.69) is 9.88 Å². The van der Waals surface area contributed by atoms with E-state index in [0.717, 1.165) is 47.4 Å². The Labute approximate surface area is 134 Å². The summed E-state index contributed by atoms with van der Waals surface area (Å²) in [5.74, 6) is 0.456. The average Bonchev–Trinajstić information content (AvgIpc) is 2.98. The average molecular weight is 320 g/mol. The summed E-state index contributed by atoms with van der Waals surface area (Å²) in [6.45, 7) is 3.91. The van der Waals surface area contributed by atoms with Crippen LogP contribution in [0.15, 0.2) is 30.5 Å². The van der Waals surface area contributed by atoms with E-state index in [1.165, 1.54) is 4.88 Å². The van der Waals surface area contributed by atoms with Gasteiger partial charge in [0.05, 0.1) is 4.88 Å². The normalized spacial score (nSPS) is 16.2. The molecule has 0 atom stereocenters. The van der Waals surface area contributed by atoms with Crippen molar-refractivity contribution in [2.45, 2.75) is 19.8 Å². The lowest BCUT2D eigenvalue weighted by Crippen LogP contribution is -2.35. The first-order valence-electron chi connectivity index (χ1n) is 7.15. The summed E-state index contributed by atoms with van der Waals surface area (Å²) >= 11 is 7.65. The summed E-state index contributed by atoms with van der Waals surface area (Å²) in [6.07, 6.45) is 4.06. The molecule has 110 valence electrons. The molecular weight excluding hydrogens is 302 g/mol. The zero-order valence-electron chi connectivity index (χ0n) is 12.0. The fourth-order valence-electron chi connectivity index (χ4n) is 2.66. The van der Waals surface area contributed by atoms with E-state index in [-0.39, 0.29) is 0 Å². The Morgan fingerprint density at radius 3 is 2.57 bits per heavy atom. The summed E-state index contributed by atoms with van der Waals surface area (Å²) in [7, 11) is 0. The first-order valence-corrected chi connectivity index (χ1v) is 8.34. The molecule has 2 heterocycles. The number of aromatic nitrogens is 1. The Kier molecular flexibility index (Phi) is 4.27. The number of nitrogens with one attached hydrogen (secondary N) is 1. The largest absolute Gasteiger partial charge is 0.348 e. The molecule has 0 bridgehead atoms. The van der Waals surface area contributed by atoms with E-state index in [1.807, 2.05) is 37.4 Å². The van der Waals surface area contributed by atoms with Gasteiger partial charge in [0.1, 0.15) is 0 Å². The van der Waals surface area contributed by atoms with Gasteiger partial charge in [-0.1, -0.05) is 35.1 Å². The summed E-state index contributed by atoms with van der Waals surface area (Å²) in [4.78, 5) is 8.08. The van der Waals surface area contributed by atoms with E-state index < -0.39 is 0 Å². The highest BCUT2D eigenvalue weighted by atomic mass is 35.5. The molecule has 3 nitrogen and oxygen atoms in total. The van der Waals surface area contributed by atoms with Gasteiger partial charge in [0.25, 0.3) is 0 Å². The molecule has 1 N–H and O–H groups in total. The maximum atomic E-state index is 7.75. The number of rotatable bonds is 3. The topological polar surface area (TPSA) is 40.0 Å². The van der Waals surface area contributed by atoms with Crippen molar-refractivity contribution < 1.29 is 0 Å². The minimum absolute atomic E-state index is 0.456. The number of thiazole rings is 1. The molecule has 1 saturated heterocycles. The maximum Gasteiger partial charge on any atom is 0.185 e. The van der Waals surface area contributed by atoms with Crippen LogP contribution in [0.25, 0.3) is 10.4 Å². The molecule has 0 spiro atoms. The quantitative estimate of drug-likeness (QED) is 0.831. The number of benzene rings is 1. The van der Waals surface area contributed by atoms with Crippen molar-refractivity contribution in [2.75, 3.05) is 18.0 Å². The van der Waals surface area contributed by atoms with Crippen LogP contribution in [0.5, 0.6) is 0 Å². The molecule has 21 heavy (non-hydrogen) atoms. The molecular formula is C16H18ClN3S. The lowest BCUT2D eigenvalue weighted by atomic mass is 9.93. The highest BCUT2D eigenvalue weighted by molar-refractivity contribution is 7.18. The van der Waals surface area contributed by atoms with Gasteiger partial charge in [0, 0.05) is 30.0 Å². The van der Waals surface area contributed by atoms with Crippen LogP contribution in [0.3, 0.4) is 0 Å². The number of hydrogen-bond donors (Lipinski definition) is 1. The maximum absolute atomic E-state index is 7.75. The van der Waals surface area contributed by atoms with Crippen LogP contribution in [0.1, 0.15) is 19.8 Å². The van der Waals surface area contributed by atoms with Gasteiger partial charge in [-0.2, -0.15) is 0 Å². The van der Waals surface area contributed by atoms with Gasteiger partial charge < -0.3 is 10.3 Å². The highest BCUT2D eigenvalue weighted by Crippen LogP contribution is 2.33. The van der Waals surface area contributed by atoms with Crippen molar-refractivity contribution >= 4 is 33.8 Å². The predicted molar refractivity (Wildman–Crippen MR) is 90.9 cm³/mol. The SMILES string of the molecule is CC(=N)C1CCN(c2ncc(-c3ccc(Cl)cc3)s2)CC1. The molecule has 0 saturated carbocycles. The van der Waals surface area contributed by atoms with E-state index >= 15 is 0 Å². The number of halogens is 1. The zero-order chi connectivity index (χ0) is 14.8. The summed E-state index contributed by atoms with van der Waals surface area (Å²) < 4.78 is 0. The molecule has 0 radical (unpaired) electrons. The molecule has 1 aromatic heterocycles. The second-order valence-corrected chi connectivity index (χ2v) is 6.90. The van der Waals surface area contributed by atoms with Crippen LogP contribution in [0, 0.1) is 11.3 Å². The van der Waals surface area contributed by atoms with Gasteiger partial charge in [-0.3, -0.25) is 0 Å². The van der Waals surface area contributed by atoms with Gasteiger partial charge in [-0.25, -0.2) is 4.98 Å². The molecule has 1 fully saturated rings. The minimum Gasteiger partial charge on any atom is -0.348 e. The Morgan fingerprint density at radius 2 is 1.95 bits per heavy atom. The second-order valence-electron chi connectivity index (χ2n) is 5.46. The van der Waals surface area contributed by atoms with Crippen LogP contribution >= 0.6 is 22.9 Å². The van der Waals surface area contributed by atoms with E-state index in [1.54, 1.807) is 11.3 Å². The van der Waals surface area contributed by atoms with Crippen LogP contribution in [-0.4, -0.2) is 23.8 Å². The van der Waals surface area contributed by atoms with Crippen molar-refractivity contribution in [1.82, 2.24) is 4.98 Å². The monoisotopic (exact) mass is 319 g/mol. The first-order chi connectivity index (χ1) is 10.1. The number of nitrogens with zero attached hydrogens (tertiary/aromatic N) is 2.